The SMILES string of the molecule is CC1(C)CCN(C(CN)c2cc(F)c(F)cc2F)CCS1. The number of rotatable bonds is 3. The first-order chi connectivity index (χ1) is 9.84. The molecule has 0 amide bonds. The average molecular weight is 318 g/mol. The molecule has 0 aromatic heterocycles. The highest BCUT2D eigenvalue weighted by Gasteiger charge is 2.29. The predicted octanol–water partition coefficient (Wildman–Crippen LogP) is 3.32. The molecular weight excluding hydrogens is 297 g/mol. The lowest BCUT2D eigenvalue weighted by atomic mass is 10.0. The summed E-state index contributed by atoms with van der Waals surface area (Å²) in [4.78, 5) is 2.07. The summed E-state index contributed by atoms with van der Waals surface area (Å²) in [6.07, 6.45) is 0.944. The number of nitrogens with zero attached hydrogens (tertiary/aromatic N) is 1. The van der Waals surface area contributed by atoms with Crippen molar-refractivity contribution in [2.45, 2.75) is 31.1 Å². The molecule has 21 heavy (non-hydrogen) atoms. The number of hydrogen-bond donors (Lipinski definition) is 1. The van der Waals surface area contributed by atoms with Gasteiger partial charge < -0.3 is 5.73 Å². The minimum atomic E-state index is -1.17. The van der Waals surface area contributed by atoms with E-state index in [1.807, 2.05) is 11.8 Å². The number of hydrogen-bond acceptors (Lipinski definition) is 3. The summed E-state index contributed by atoms with van der Waals surface area (Å²) in [6.45, 7) is 6.05. The third kappa shape index (κ3) is 3.93. The van der Waals surface area contributed by atoms with Crippen molar-refractivity contribution in [3.8, 4) is 0 Å². The minimum Gasteiger partial charge on any atom is -0.329 e. The fraction of sp³-hybridized carbons (Fsp3) is 0.600. The van der Waals surface area contributed by atoms with E-state index in [0.717, 1.165) is 31.3 Å². The molecule has 1 fully saturated rings. The second-order valence-electron chi connectivity index (χ2n) is 5.93. The van der Waals surface area contributed by atoms with Crippen molar-refractivity contribution in [1.82, 2.24) is 4.90 Å². The molecule has 0 saturated carbocycles. The highest BCUT2D eigenvalue weighted by Crippen LogP contribution is 2.34. The van der Waals surface area contributed by atoms with Crippen molar-refractivity contribution in [2.75, 3.05) is 25.4 Å². The molecule has 1 atom stereocenters. The maximum atomic E-state index is 14.0. The van der Waals surface area contributed by atoms with Gasteiger partial charge in [-0.15, -0.1) is 0 Å². The zero-order valence-electron chi connectivity index (χ0n) is 12.3. The topological polar surface area (TPSA) is 29.3 Å². The van der Waals surface area contributed by atoms with Crippen LogP contribution < -0.4 is 5.73 Å². The van der Waals surface area contributed by atoms with E-state index in [0.29, 0.717) is 6.07 Å². The Hall–Kier alpha value is -0.720. The summed E-state index contributed by atoms with van der Waals surface area (Å²) in [5.74, 6) is -2.02. The zero-order chi connectivity index (χ0) is 15.6. The first kappa shape index (κ1) is 16.6. The van der Waals surface area contributed by atoms with Crippen LogP contribution >= 0.6 is 11.8 Å². The molecule has 1 saturated heterocycles. The van der Waals surface area contributed by atoms with Crippen LogP contribution in [0.15, 0.2) is 12.1 Å². The van der Waals surface area contributed by atoms with Gasteiger partial charge in [0, 0.05) is 41.8 Å². The van der Waals surface area contributed by atoms with Crippen molar-refractivity contribution in [3.05, 3.63) is 35.1 Å². The minimum absolute atomic E-state index is 0.140. The maximum Gasteiger partial charge on any atom is 0.161 e. The lowest BCUT2D eigenvalue weighted by Crippen LogP contribution is -2.36. The Labute approximate surface area is 127 Å². The van der Waals surface area contributed by atoms with Crippen molar-refractivity contribution in [2.24, 2.45) is 5.73 Å². The van der Waals surface area contributed by atoms with E-state index >= 15 is 0 Å². The molecule has 2 nitrogen and oxygen atoms in total. The van der Waals surface area contributed by atoms with Gasteiger partial charge in [0.05, 0.1) is 6.04 Å². The molecule has 6 heteroatoms. The van der Waals surface area contributed by atoms with Crippen LogP contribution in [0.5, 0.6) is 0 Å². The molecule has 118 valence electrons. The van der Waals surface area contributed by atoms with Gasteiger partial charge in [-0.2, -0.15) is 11.8 Å². The molecule has 2 N–H and O–H groups in total. The van der Waals surface area contributed by atoms with E-state index in [1.165, 1.54) is 0 Å². The van der Waals surface area contributed by atoms with Gasteiger partial charge >= 0.3 is 0 Å². The highest BCUT2D eigenvalue weighted by molar-refractivity contribution is 8.00. The van der Waals surface area contributed by atoms with Crippen molar-refractivity contribution in [1.29, 1.82) is 0 Å². The molecule has 0 radical (unpaired) electrons. The Balaban J connectivity index is 2.25. The summed E-state index contributed by atoms with van der Waals surface area (Å²) >= 11 is 1.87. The average Bonchev–Trinajstić information content (AvgIpc) is 2.58. The Morgan fingerprint density at radius 1 is 1.19 bits per heavy atom. The van der Waals surface area contributed by atoms with E-state index < -0.39 is 23.5 Å². The molecule has 1 aromatic carbocycles. The van der Waals surface area contributed by atoms with Gasteiger partial charge in [-0.05, 0) is 12.5 Å². The van der Waals surface area contributed by atoms with Crippen LogP contribution in [-0.2, 0) is 0 Å². The Morgan fingerprint density at radius 2 is 1.86 bits per heavy atom. The van der Waals surface area contributed by atoms with E-state index in [-0.39, 0.29) is 16.9 Å². The van der Waals surface area contributed by atoms with Crippen LogP contribution in [0.2, 0.25) is 0 Å². The summed E-state index contributed by atoms with van der Waals surface area (Å²) in [6, 6.07) is 1.12. The Morgan fingerprint density at radius 3 is 2.52 bits per heavy atom. The van der Waals surface area contributed by atoms with E-state index in [4.69, 9.17) is 5.73 Å². The lowest BCUT2D eigenvalue weighted by Gasteiger charge is -2.30. The van der Waals surface area contributed by atoms with Gasteiger partial charge in [0.1, 0.15) is 5.82 Å². The second-order valence-corrected chi connectivity index (χ2v) is 7.74. The van der Waals surface area contributed by atoms with Crippen LogP contribution in [0.4, 0.5) is 13.2 Å². The van der Waals surface area contributed by atoms with Gasteiger partial charge in [0.15, 0.2) is 11.6 Å². The van der Waals surface area contributed by atoms with Gasteiger partial charge in [-0.25, -0.2) is 13.2 Å². The zero-order valence-corrected chi connectivity index (χ0v) is 13.2. The molecule has 0 bridgehead atoms. The molecule has 0 spiro atoms. The number of thioether (sulfide) groups is 1. The van der Waals surface area contributed by atoms with E-state index in [2.05, 4.69) is 18.7 Å². The predicted molar refractivity (Wildman–Crippen MR) is 80.8 cm³/mol. The molecule has 1 unspecified atom stereocenters. The van der Waals surface area contributed by atoms with Crippen molar-refractivity contribution in [3.63, 3.8) is 0 Å². The van der Waals surface area contributed by atoms with Crippen molar-refractivity contribution >= 4 is 11.8 Å². The van der Waals surface area contributed by atoms with Gasteiger partial charge in [-0.3, -0.25) is 4.90 Å². The lowest BCUT2D eigenvalue weighted by molar-refractivity contribution is 0.206. The molecule has 1 aliphatic heterocycles. The second kappa shape index (κ2) is 6.58. The molecule has 1 aliphatic rings. The molecule has 1 aromatic rings. The maximum absolute atomic E-state index is 14.0. The van der Waals surface area contributed by atoms with Crippen LogP contribution in [0.1, 0.15) is 31.9 Å². The van der Waals surface area contributed by atoms with Gasteiger partial charge in [0.25, 0.3) is 0 Å². The standard InChI is InChI=1S/C15H21F3N2S/c1-15(2)3-4-20(5-6-21-15)14(9-19)10-7-12(17)13(18)8-11(10)16/h7-8,14H,3-6,9,19H2,1-2H3. The molecular formula is C15H21F3N2S. The summed E-state index contributed by atoms with van der Waals surface area (Å²) in [5, 5.41) is 0. The highest BCUT2D eigenvalue weighted by atomic mass is 32.2. The third-order valence-electron chi connectivity index (χ3n) is 3.94. The Kier molecular flexibility index (Phi) is 5.22. The quantitative estimate of drug-likeness (QED) is 0.867. The normalized spacial score (nSPS) is 21.0. The van der Waals surface area contributed by atoms with Crippen LogP contribution in [-0.4, -0.2) is 35.0 Å². The smallest absolute Gasteiger partial charge is 0.161 e. The van der Waals surface area contributed by atoms with E-state index in [1.54, 1.807) is 0 Å². The molecule has 0 aliphatic carbocycles. The fourth-order valence-electron chi connectivity index (χ4n) is 2.61. The van der Waals surface area contributed by atoms with Gasteiger partial charge in [-0.1, -0.05) is 13.8 Å². The number of nitrogens with two attached hydrogens (primary N) is 1. The first-order valence-electron chi connectivity index (χ1n) is 7.06. The summed E-state index contributed by atoms with van der Waals surface area (Å²) in [7, 11) is 0. The van der Waals surface area contributed by atoms with E-state index in [9.17, 15) is 13.2 Å². The largest absolute Gasteiger partial charge is 0.329 e. The number of benzene rings is 1. The van der Waals surface area contributed by atoms with Crippen LogP contribution in [0.25, 0.3) is 0 Å². The monoisotopic (exact) mass is 318 g/mol. The van der Waals surface area contributed by atoms with Crippen molar-refractivity contribution < 1.29 is 13.2 Å². The summed E-state index contributed by atoms with van der Waals surface area (Å²) in [5.41, 5.74) is 5.92. The van der Waals surface area contributed by atoms with Gasteiger partial charge in [0.2, 0.25) is 0 Å². The Bertz CT molecular complexity index is 508. The third-order valence-corrected chi connectivity index (χ3v) is 5.31. The van der Waals surface area contributed by atoms with Crippen LogP contribution in [0.3, 0.4) is 0 Å². The molecule has 1 heterocycles. The number of halogens is 3. The summed E-state index contributed by atoms with van der Waals surface area (Å²) < 4.78 is 40.6. The van der Waals surface area contributed by atoms with Crippen LogP contribution in [0, 0.1) is 17.5 Å². The fourth-order valence-corrected chi connectivity index (χ4v) is 3.73. The molecule has 2 rings (SSSR count). The first-order valence-corrected chi connectivity index (χ1v) is 8.05.